The molecule has 2 aromatic rings. The van der Waals surface area contributed by atoms with Gasteiger partial charge in [0, 0.05) is 18.8 Å². The molecule has 0 aromatic carbocycles. The predicted octanol–water partition coefficient (Wildman–Crippen LogP) is 0.860. The molecule has 0 bridgehead atoms. The molecule has 2 heterocycles. The maximum Gasteiger partial charge on any atom is 0.250 e. The average molecular weight is 289 g/mol. The van der Waals surface area contributed by atoms with Crippen LogP contribution in [0.1, 0.15) is 11.8 Å². The highest BCUT2D eigenvalue weighted by Gasteiger charge is 2.17. The van der Waals surface area contributed by atoms with Crippen LogP contribution in [-0.4, -0.2) is 36.0 Å². The Hall–Kier alpha value is -2.34. The molecule has 2 rings (SSSR count). The SMILES string of the molecule is CN(C)[C@H](CNC(=O)Cn1ccccc1=O)c1ccco1. The molecule has 0 unspecified atom stereocenters. The van der Waals surface area contributed by atoms with Crippen molar-refractivity contribution in [1.82, 2.24) is 14.8 Å². The molecule has 6 nitrogen and oxygen atoms in total. The molecule has 0 aliphatic carbocycles. The van der Waals surface area contributed by atoms with Gasteiger partial charge in [0.2, 0.25) is 5.91 Å². The lowest BCUT2D eigenvalue weighted by Crippen LogP contribution is -2.37. The summed E-state index contributed by atoms with van der Waals surface area (Å²) in [4.78, 5) is 25.5. The monoisotopic (exact) mass is 289 g/mol. The second-order valence-electron chi connectivity index (χ2n) is 4.97. The van der Waals surface area contributed by atoms with Crippen LogP contribution in [0.25, 0.3) is 0 Å². The Morgan fingerprint density at radius 1 is 1.33 bits per heavy atom. The number of carbonyl (C=O) groups excluding carboxylic acids is 1. The summed E-state index contributed by atoms with van der Waals surface area (Å²) >= 11 is 0. The first-order chi connectivity index (χ1) is 10.1. The lowest BCUT2D eigenvalue weighted by Gasteiger charge is -2.22. The molecule has 0 saturated heterocycles. The smallest absolute Gasteiger partial charge is 0.250 e. The van der Waals surface area contributed by atoms with Crippen LogP contribution in [0.5, 0.6) is 0 Å². The Bertz CT molecular complexity index is 632. The molecule has 0 saturated carbocycles. The van der Waals surface area contributed by atoms with Crippen LogP contribution in [0.2, 0.25) is 0 Å². The summed E-state index contributed by atoms with van der Waals surface area (Å²) in [5, 5.41) is 2.83. The van der Waals surface area contributed by atoms with Gasteiger partial charge in [0.05, 0.1) is 12.3 Å². The van der Waals surface area contributed by atoms with Crippen molar-refractivity contribution < 1.29 is 9.21 Å². The molecule has 0 spiro atoms. The van der Waals surface area contributed by atoms with E-state index >= 15 is 0 Å². The fourth-order valence-electron chi connectivity index (χ4n) is 2.03. The van der Waals surface area contributed by atoms with Gasteiger partial charge in [-0.05, 0) is 32.3 Å². The minimum atomic E-state index is -0.207. The Labute approximate surface area is 123 Å². The van der Waals surface area contributed by atoms with Gasteiger partial charge in [-0.2, -0.15) is 0 Å². The average Bonchev–Trinajstić information content (AvgIpc) is 2.95. The summed E-state index contributed by atoms with van der Waals surface area (Å²) in [6.45, 7) is 0.429. The number of pyridine rings is 1. The van der Waals surface area contributed by atoms with E-state index in [1.165, 1.54) is 10.6 Å². The molecule has 6 heteroatoms. The third-order valence-electron chi connectivity index (χ3n) is 3.20. The lowest BCUT2D eigenvalue weighted by molar-refractivity contribution is -0.121. The molecule has 0 aliphatic heterocycles. The van der Waals surface area contributed by atoms with Crippen molar-refractivity contribution in [3.05, 3.63) is 58.9 Å². The third-order valence-corrected chi connectivity index (χ3v) is 3.20. The summed E-state index contributed by atoms with van der Waals surface area (Å²) < 4.78 is 6.75. The van der Waals surface area contributed by atoms with Gasteiger partial charge in [-0.1, -0.05) is 6.07 Å². The summed E-state index contributed by atoms with van der Waals surface area (Å²) in [6.07, 6.45) is 3.20. The highest BCUT2D eigenvalue weighted by atomic mass is 16.3. The van der Waals surface area contributed by atoms with Crippen molar-refractivity contribution in [2.24, 2.45) is 0 Å². The lowest BCUT2D eigenvalue weighted by atomic mass is 10.2. The van der Waals surface area contributed by atoms with Crippen LogP contribution < -0.4 is 10.9 Å². The van der Waals surface area contributed by atoms with Gasteiger partial charge >= 0.3 is 0 Å². The van der Waals surface area contributed by atoms with E-state index in [0.29, 0.717) is 6.54 Å². The Morgan fingerprint density at radius 2 is 2.14 bits per heavy atom. The van der Waals surface area contributed by atoms with Crippen LogP contribution in [0.3, 0.4) is 0 Å². The molecule has 1 amide bonds. The van der Waals surface area contributed by atoms with Crippen LogP contribution in [-0.2, 0) is 11.3 Å². The second kappa shape index (κ2) is 6.90. The maximum atomic E-state index is 11.9. The molecule has 21 heavy (non-hydrogen) atoms. The molecule has 2 aromatic heterocycles. The standard InChI is InChI=1S/C15H19N3O3/c1-17(2)12(13-6-5-9-21-13)10-16-14(19)11-18-8-4-3-7-15(18)20/h3-9,12H,10-11H2,1-2H3,(H,16,19)/t12-/m1/s1. The minimum absolute atomic E-state index is 0.0119. The molecule has 0 aliphatic rings. The first-order valence-corrected chi connectivity index (χ1v) is 6.70. The maximum absolute atomic E-state index is 11.9. The van der Waals surface area contributed by atoms with Crippen LogP contribution in [0.4, 0.5) is 0 Å². The van der Waals surface area contributed by atoms with Gasteiger partial charge in [-0.15, -0.1) is 0 Å². The molecular formula is C15H19N3O3. The molecule has 112 valence electrons. The predicted molar refractivity (Wildman–Crippen MR) is 78.8 cm³/mol. The topological polar surface area (TPSA) is 67.5 Å². The van der Waals surface area contributed by atoms with Crippen molar-refractivity contribution in [3.8, 4) is 0 Å². The Balaban J connectivity index is 1.94. The van der Waals surface area contributed by atoms with Crippen LogP contribution in [0, 0.1) is 0 Å². The van der Waals surface area contributed by atoms with E-state index in [0.717, 1.165) is 5.76 Å². The van der Waals surface area contributed by atoms with Crippen molar-refractivity contribution in [1.29, 1.82) is 0 Å². The molecule has 1 atom stereocenters. The van der Waals surface area contributed by atoms with Crippen molar-refractivity contribution in [2.45, 2.75) is 12.6 Å². The number of hydrogen-bond acceptors (Lipinski definition) is 4. The van der Waals surface area contributed by atoms with E-state index in [1.807, 2.05) is 31.1 Å². The largest absolute Gasteiger partial charge is 0.468 e. The highest BCUT2D eigenvalue weighted by Crippen LogP contribution is 2.17. The summed E-state index contributed by atoms with van der Waals surface area (Å²) in [5.74, 6) is 0.582. The molecule has 1 N–H and O–H groups in total. The molecular weight excluding hydrogens is 270 g/mol. The van der Waals surface area contributed by atoms with E-state index in [4.69, 9.17) is 4.42 Å². The van der Waals surface area contributed by atoms with Gasteiger partial charge in [-0.25, -0.2) is 0 Å². The number of hydrogen-bond donors (Lipinski definition) is 1. The van der Waals surface area contributed by atoms with Crippen LogP contribution >= 0.6 is 0 Å². The number of nitrogens with one attached hydrogen (secondary N) is 1. The van der Waals surface area contributed by atoms with Crippen molar-refractivity contribution >= 4 is 5.91 Å². The van der Waals surface area contributed by atoms with Gasteiger partial charge in [0.1, 0.15) is 12.3 Å². The number of likely N-dealkylation sites (N-methyl/N-ethyl adjacent to an activating group) is 1. The fraction of sp³-hybridized carbons (Fsp3) is 0.333. The zero-order chi connectivity index (χ0) is 15.2. The summed E-state index contributed by atoms with van der Waals surface area (Å²) in [7, 11) is 3.84. The number of furan rings is 1. The first-order valence-electron chi connectivity index (χ1n) is 6.70. The summed E-state index contributed by atoms with van der Waals surface area (Å²) in [6, 6.07) is 8.45. The number of carbonyl (C=O) groups is 1. The number of amides is 1. The zero-order valence-electron chi connectivity index (χ0n) is 12.2. The Kier molecular flexibility index (Phi) is 4.94. The normalized spacial score (nSPS) is 12.3. The van der Waals surface area contributed by atoms with Crippen LogP contribution in [0.15, 0.2) is 52.0 Å². The minimum Gasteiger partial charge on any atom is -0.468 e. The molecule has 0 radical (unpaired) electrons. The van der Waals surface area contributed by atoms with Crippen molar-refractivity contribution in [2.75, 3.05) is 20.6 Å². The number of aromatic nitrogens is 1. The van der Waals surface area contributed by atoms with E-state index < -0.39 is 0 Å². The summed E-state index contributed by atoms with van der Waals surface area (Å²) in [5.41, 5.74) is -0.192. The molecule has 0 fully saturated rings. The number of nitrogens with zero attached hydrogens (tertiary/aromatic N) is 2. The highest BCUT2D eigenvalue weighted by molar-refractivity contribution is 5.75. The second-order valence-corrected chi connectivity index (χ2v) is 4.97. The quantitative estimate of drug-likeness (QED) is 0.856. The first kappa shape index (κ1) is 15.1. The van der Waals surface area contributed by atoms with Crippen molar-refractivity contribution in [3.63, 3.8) is 0 Å². The van der Waals surface area contributed by atoms with E-state index in [1.54, 1.807) is 24.6 Å². The third kappa shape index (κ3) is 4.06. The fourth-order valence-corrected chi connectivity index (χ4v) is 2.03. The van der Waals surface area contributed by atoms with E-state index in [-0.39, 0.29) is 24.1 Å². The van der Waals surface area contributed by atoms with Gasteiger partial charge < -0.3 is 14.3 Å². The van der Waals surface area contributed by atoms with Gasteiger partial charge in [0.25, 0.3) is 5.56 Å². The zero-order valence-corrected chi connectivity index (χ0v) is 12.2. The van der Waals surface area contributed by atoms with Gasteiger partial charge in [0.15, 0.2) is 0 Å². The van der Waals surface area contributed by atoms with E-state index in [9.17, 15) is 9.59 Å². The number of rotatable bonds is 6. The van der Waals surface area contributed by atoms with Gasteiger partial charge in [-0.3, -0.25) is 14.5 Å². The Morgan fingerprint density at radius 3 is 2.76 bits per heavy atom. The van der Waals surface area contributed by atoms with E-state index in [2.05, 4.69) is 5.32 Å².